The molecule has 0 N–H and O–H groups in total. The van der Waals surface area contributed by atoms with Crippen LogP contribution in [0.5, 0.6) is 0 Å². The number of rotatable bonds is 7. The first-order valence-corrected chi connectivity index (χ1v) is 20.3. The second kappa shape index (κ2) is 14.7. The zero-order valence-corrected chi connectivity index (χ0v) is 33.0. The predicted octanol–water partition coefficient (Wildman–Crippen LogP) is 14.9. The van der Waals surface area contributed by atoms with Gasteiger partial charge in [-0.15, -0.1) is 0 Å². The summed E-state index contributed by atoms with van der Waals surface area (Å²) in [5.41, 5.74) is 9.95. The lowest BCUT2D eigenvalue weighted by molar-refractivity contribution is 0.670. The molecule has 0 saturated heterocycles. The van der Waals surface area contributed by atoms with E-state index in [1.165, 1.54) is 12.1 Å². The van der Waals surface area contributed by atoms with Gasteiger partial charge in [-0.2, -0.15) is 0 Å². The van der Waals surface area contributed by atoms with Gasteiger partial charge in [0.15, 0.2) is 17.5 Å². The molecular formula is C57H36N4O. The number of fused-ring (bicyclic) bond motifs is 6. The fourth-order valence-electron chi connectivity index (χ4n) is 8.50. The molecule has 5 heteroatoms. The van der Waals surface area contributed by atoms with Crippen LogP contribution in [0.3, 0.4) is 0 Å². The van der Waals surface area contributed by atoms with Crippen molar-refractivity contribution in [3.8, 4) is 73.2 Å². The minimum absolute atomic E-state index is 0.0721. The molecule has 12 rings (SSSR count). The summed E-state index contributed by atoms with van der Waals surface area (Å²) in [6.07, 6.45) is 0. The molecule has 3 heterocycles. The Morgan fingerprint density at radius 3 is 1.58 bits per heavy atom. The van der Waals surface area contributed by atoms with Crippen molar-refractivity contribution in [3.05, 3.63) is 218 Å². The fourth-order valence-corrected chi connectivity index (χ4v) is 8.50. The molecule has 0 saturated carbocycles. The third kappa shape index (κ3) is 6.06. The molecule has 0 aliphatic carbocycles. The van der Waals surface area contributed by atoms with E-state index < -0.39 is 0 Å². The van der Waals surface area contributed by atoms with Gasteiger partial charge in [-0.25, -0.2) is 15.0 Å². The molecule has 12 aromatic rings. The van der Waals surface area contributed by atoms with Crippen LogP contribution in [0.15, 0.2) is 223 Å². The minimum Gasteiger partial charge on any atom is -0.455 e. The molecule has 0 aliphatic heterocycles. The highest BCUT2D eigenvalue weighted by Crippen LogP contribution is 2.41. The van der Waals surface area contributed by atoms with Crippen LogP contribution < -0.4 is 0 Å². The molecule has 0 aliphatic rings. The first kappa shape index (κ1) is 29.7. The molecular weight excluding hydrogens is 757 g/mol. The van der Waals surface area contributed by atoms with Gasteiger partial charge in [0.05, 0.1) is 24.9 Å². The van der Waals surface area contributed by atoms with Crippen molar-refractivity contribution in [3.63, 3.8) is 0 Å². The number of nitrogens with zero attached hydrogens (tertiary/aromatic N) is 4. The van der Waals surface area contributed by atoms with Crippen molar-refractivity contribution < 1.29 is 12.6 Å². The van der Waals surface area contributed by atoms with Gasteiger partial charge < -0.3 is 8.98 Å². The molecule has 3 aromatic heterocycles. The lowest BCUT2D eigenvalue weighted by Crippen LogP contribution is -2.04. The minimum atomic E-state index is -0.200. The highest BCUT2D eigenvalue weighted by Gasteiger charge is 2.22. The molecule has 0 radical (unpaired) electrons. The Morgan fingerprint density at radius 1 is 0.371 bits per heavy atom. The predicted molar refractivity (Wildman–Crippen MR) is 254 cm³/mol. The number of para-hydroxylation sites is 4. The first-order valence-electron chi connectivity index (χ1n) is 23.3. The van der Waals surface area contributed by atoms with Crippen LogP contribution in [0, 0.1) is 0 Å². The summed E-state index contributed by atoms with van der Waals surface area (Å²) >= 11 is 0. The summed E-state index contributed by atoms with van der Waals surface area (Å²) < 4.78 is 62.5. The Morgan fingerprint density at radius 2 is 0.919 bits per heavy atom. The van der Waals surface area contributed by atoms with Gasteiger partial charge in [0.25, 0.3) is 0 Å². The zero-order valence-electron chi connectivity index (χ0n) is 39.0. The van der Waals surface area contributed by atoms with Gasteiger partial charge in [0.1, 0.15) is 11.2 Å². The van der Waals surface area contributed by atoms with Crippen LogP contribution >= 0.6 is 0 Å². The van der Waals surface area contributed by atoms with E-state index in [4.69, 9.17) is 24.9 Å². The SMILES string of the molecule is [2H]c1cc([2H])c2c(c1[2H])c1c([2H])c([2H])cc([2H])c1n2-c1ccc(-c2cccc3c2oc2ccccc23)cc1-c1nc(-c2ccccc2)nc(-c2cc(-c3ccccc3)cc(-c3ccccc3)c2)n1. The van der Waals surface area contributed by atoms with Crippen molar-refractivity contribution in [2.24, 2.45) is 0 Å². The summed E-state index contributed by atoms with van der Waals surface area (Å²) in [4.78, 5) is 15.8. The van der Waals surface area contributed by atoms with E-state index in [0.29, 0.717) is 28.5 Å². The molecule has 0 atom stereocenters. The lowest BCUT2D eigenvalue weighted by Gasteiger charge is -2.17. The van der Waals surface area contributed by atoms with E-state index in [0.717, 1.165) is 60.9 Å². The maximum Gasteiger partial charge on any atom is 0.166 e. The summed E-state index contributed by atoms with van der Waals surface area (Å²) in [6.45, 7) is 0. The molecule has 0 fully saturated rings. The summed E-state index contributed by atoms with van der Waals surface area (Å²) in [7, 11) is 0. The molecule has 0 amide bonds. The van der Waals surface area contributed by atoms with Crippen molar-refractivity contribution in [2.75, 3.05) is 0 Å². The molecule has 290 valence electrons. The number of benzene rings is 9. The molecule has 9 aromatic carbocycles. The Balaban J connectivity index is 1.20. The van der Waals surface area contributed by atoms with Crippen LogP contribution in [0.4, 0.5) is 0 Å². The van der Waals surface area contributed by atoms with Gasteiger partial charge in [0.2, 0.25) is 0 Å². The Bertz CT molecular complexity index is 3860. The van der Waals surface area contributed by atoms with E-state index in [-0.39, 0.29) is 63.9 Å². The van der Waals surface area contributed by atoms with Crippen LogP contribution in [0.2, 0.25) is 0 Å². The van der Waals surface area contributed by atoms with Crippen molar-refractivity contribution in [1.82, 2.24) is 19.5 Å². The average Bonchev–Trinajstić information content (AvgIpc) is 3.96. The van der Waals surface area contributed by atoms with Gasteiger partial charge in [-0.05, 0) is 76.3 Å². The molecule has 62 heavy (non-hydrogen) atoms. The van der Waals surface area contributed by atoms with E-state index in [2.05, 4.69) is 42.5 Å². The van der Waals surface area contributed by atoms with Crippen molar-refractivity contribution in [2.45, 2.75) is 0 Å². The zero-order chi connectivity index (χ0) is 46.2. The van der Waals surface area contributed by atoms with Crippen LogP contribution in [0.25, 0.3) is 117 Å². The summed E-state index contributed by atoms with van der Waals surface area (Å²) in [5.74, 6) is 1.11. The maximum atomic E-state index is 9.34. The summed E-state index contributed by atoms with van der Waals surface area (Å²) in [5, 5.41) is 2.24. The maximum absolute atomic E-state index is 9.34. The number of aromatic nitrogens is 4. The van der Waals surface area contributed by atoms with Gasteiger partial charge in [-0.1, -0.05) is 170 Å². The van der Waals surface area contributed by atoms with Crippen LogP contribution in [0.1, 0.15) is 8.22 Å². The standard InChI is InChI=1S/C57H36N4O/c1-4-17-37(18-5-1)41-33-42(38-19-6-2-7-20-38)35-43(34-41)56-58-55(39-21-8-3-9-22-39)59-57(60-56)49-36-40(44-26-16-27-48-47-25-12-15-30-53(47)62-54(44)48)31-32-52(49)61-50-28-13-10-23-45(50)46-24-11-14-29-51(46)61/h1-36H/i10D,11D,23D,24D,28D,29D. The van der Waals surface area contributed by atoms with Crippen molar-refractivity contribution >= 4 is 43.7 Å². The quantitative estimate of drug-likeness (QED) is 0.161. The van der Waals surface area contributed by atoms with Crippen molar-refractivity contribution in [1.29, 1.82) is 0 Å². The average molecular weight is 799 g/mol. The lowest BCUT2D eigenvalue weighted by atomic mass is 9.95. The number of hydrogen-bond acceptors (Lipinski definition) is 4. The normalized spacial score (nSPS) is 12.9. The first-order chi connectivity index (χ1) is 33.2. The monoisotopic (exact) mass is 798 g/mol. The van der Waals surface area contributed by atoms with E-state index >= 15 is 0 Å². The van der Waals surface area contributed by atoms with Gasteiger partial charge >= 0.3 is 0 Å². The third-order valence-corrected chi connectivity index (χ3v) is 11.4. The second-order valence-corrected chi connectivity index (χ2v) is 15.1. The Kier molecular flexibility index (Phi) is 7.05. The van der Waals surface area contributed by atoms with E-state index in [9.17, 15) is 2.74 Å². The number of furan rings is 1. The highest BCUT2D eigenvalue weighted by molar-refractivity contribution is 6.11. The van der Waals surface area contributed by atoms with E-state index in [1.807, 2.05) is 127 Å². The largest absolute Gasteiger partial charge is 0.455 e. The van der Waals surface area contributed by atoms with Crippen LogP contribution in [-0.2, 0) is 0 Å². The van der Waals surface area contributed by atoms with Gasteiger partial charge in [-0.3, -0.25) is 0 Å². The molecule has 5 nitrogen and oxygen atoms in total. The Hall–Kier alpha value is -8.41. The van der Waals surface area contributed by atoms with E-state index in [1.54, 1.807) is 4.57 Å². The smallest absolute Gasteiger partial charge is 0.166 e. The topological polar surface area (TPSA) is 56.7 Å². The molecule has 0 bridgehead atoms. The number of hydrogen-bond donors (Lipinski definition) is 0. The molecule has 0 spiro atoms. The van der Waals surface area contributed by atoms with Crippen LogP contribution in [-0.4, -0.2) is 19.5 Å². The fraction of sp³-hybridized carbons (Fsp3) is 0. The highest BCUT2D eigenvalue weighted by atomic mass is 16.3. The molecule has 0 unspecified atom stereocenters. The third-order valence-electron chi connectivity index (χ3n) is 11.4. The Labute approximate surface area is 366 Å². The summed E-state index contributed by atoms with van der Waals surface area (Å²) in [6, 6.07) is 57.9. The second-order valence-electron chi connectivity index (χ2n) is 15.1. The van der Waals surface area contributed by atoms with Gasteiger partial charge in [0, 0.05) is 43.8 Å².